The monoisotopic (exact) mass is 175 g/mol. The Morgan fingerprint density at radius 3 is 2.46 bits per heavy atom. The van der Waals surface area contributed by atoms with Crippen LogP contribution in [0.15, 0.2) is 30.8 Å². The minimum absolute atomic E-state index is 0.0915. The highest BCUT2D eigenvalue weighted by Gasteiger charge is 2.20. The van der Waals surface area contributed by atoms with Crippen LogP contribution < -0.4 is 5.32 Å². The Hall–Kier alpha value is -1.57. The molecular weight excluding hydrogens is 162 g/mol. The summed E-state index contributed by atoms with van der Waals surface area (Å²) in [5.41, 5.74) is 2.33. The molecule has 1 aromatic carbocycles. The van der Waals surface area contributed by atoms with Crippen molar-refractivity contribution in [2.75, 3.05) is 5.32 Å². The fraction of sp³-hybridized carbons (Fsp3) is 0.182. The van der Waals surface area contributed by atoms with Crippen LogP contribution in [0.2, 0.25) is 0 Å². The third-order valence-electron chi connectivity index (χ3n) is 1.77. The van der Waals surface area contributed by atoms with Gasteiger partial charge in [0.2, 0.25) is 0 Å². The van der Waals surface area contributed by atoms with E-state index in [1.165, 1.54) is 0 Å². The zero-order valence-electron chi connectivity index (χ0n) is 7.92. The van der Waals surface area contributed by atoms with Gasteiger partial charge in [-0.15, -0.1) is 0 Å². The smallest absolute Gasteiger partial charge is 0.255 e. The molecule has 1 aliphatic heterocycles. The summed E-state index contributed by atoms with van der Waals surface area (Å²) in [7, 11) is 0. The van der Waals surface area contributed by atoms with Crippen molar-refractivity contribution in [3.63, 3.8) is 0 Å². The van der Waals surface area contributed by atoms with Crippen molar-refractivity contribution in [2.45, 2.75) is 13.8 Å². The number of carbonyl (C=O) groups excluding carboxylic acids is 1. The summed E-state index contributed by atoms with van der Waals surface area (Å²) in [5.74, 6) is -0.0915. The Labute approximate surface area is 78.3 Å². The van der Waals surface area contributed by atoms with Crippen molar-refractivity contribution in [1.82, 2.24) is 0 Å². The van der Waals surface area contributed by atoms with E-state index in [9.17, 15) is 4.79 Å². The molecule has 1 amide bonds. The quantitative estimate of drug-likeness (QED) is 0.603. The van der Waals surface area contributed by atoms with E-state index in [0.717, 1.165) is 11.3 Å². The van der Waals surface area contributed by atoms with Gasteiger partial charge >= 0.3 is 0 Å². The maximum Gasteiger partial charge on any atom is 0.255 e. The van der Waals surface area contributed by atoms with Crippen molar-refractivity contribution in [2.24, 2.45) is 0 Å². The summed E-state index contributed by atoms with van der Waals surface area (Å²) in [6.07, 6.45) is 0. The second kappa shape index (κ2) is 3.90. The third-order valence-corrected chi connectivity index (χ3v) is 1.77. The van der Waals surface area contributed by atoms with Crippen LogP contribution in [0.25, 0.3) is 5.57 Å². The summed E-state index contributed by atoms with van der Waals surface area (Å²) in [4.78, 5) is 11.0. The van der Waals surface area contributed by atoms with Crippen LogP contribution >= 0.6 is 0 Å². The summed E-state index contributed by atoms with van der Waals surface area (Å²) < 4.78 is 0. The second-order valence-electron chi connectivity index (χ2n) is 2.48. The van der Waals surface area contributed by atoms with E-state index in [2.05, 4.69) is 11.9 Å². The molecule has 0 saturated carbocycles. The molecule has 13 heavy (non-hydrogen) atoms. The predicted molar refractivity (Wildman–Crippen MR) is 55.5 cm³/mol. The molecule has 0 spiro atoms. The zero-order valence-corrected chi connectivity index (χ0v) is 7.92. The summed E-state index contributed by atoms with van der Waals surface area (Å²) in [6, 6.07) is 7.53. The Morgan fingerprint density at radius 2 is 1.85 bits per heavy atom. The van der Waals surface area contributed by atoms with Crippen LogP contribution in [0.3, 0.4) is 0 Å². The first-order valence-electron chi connectivity index (χ1n) is 4.39. The molecule has 0 unspecified atom stereocenters. The lowest BCUT2D eigenvalue weighted by molar-refractivity contribution is -0.110. The zero-order chi connectivity index (χ0) is 9.84. The SMILES string of the molecule is C=C1C(=O)Nc2ccccc21.CC. The van der Waals surface area contributed by atoms with Crippen LogP contribution in [0.1, 0.15) is 19.4 Å². The first kappa shape index (κ1) is 9.52. The van der Waals surface area contributed by atoms with Gasteiger partial charge in [0.25, 0.3) is 5.91 Å². The highest BCUT2D eigenvalue weighted by molar-refractivity contribution is 6.30. The molecule has 1 N–H and O–H groups in total. The van der Waals surface area contributed by atoms with E-state index in [1.54, 1.807) is 0 Å². The number of fused-ring (bicyclic) bond motifs is 1. The summed E-state index contributed by atoms with van der Waals surface area (Å²) in [6.45, 7) is 7.66. The molecule has 1 heterocycles. The van der Waals surface area contributed by atoms with Crippen LogP contribution in [0, 0.1) is 0 Å². The third kappa shape index (κ3) is 1.61. The Balaban J connectivity index is 0.000000396. The Morgan fingerprint density at radius 1 is 1.23 bits per heavy atom. The number of anilines is 1. The molecule has 0 bridgehead atoms. The number of hydrogen-bond donors (Lipinski definition) is 1. The number of para-hydroxylation sites is 1. The average molecular weight is 175 g/mol. The molecule has 0 fully saturated rings. The standard InChI is InChI=1S/C9H7NO.C2H6/c1-6-7-4-2-3-5-8(7)10-9(6)11;1-2/h2-5H,1H2,(H,10,11);1-2H3. The van der Waals surface area contributed by atoms with Gasteiger partial charge in [-0.1, -0.05) is 38.6 Å². The van der Waals surface area contributed by atoms with Gasteiger partial charge in [0, 0.05) is 16.8 Å². The van der Waals surface area contributed by atoms with Crippen molar-refractivity contribution in [3.8, 4) is 0 Å². The fourth-order valence-corrected chi connectivity index (χ4v) is 1.18. The normalized spacial score (nSPS) is 12.8. The molecule has 0 aromatic heterocycles. The number of rotatable bonds is 0. The van der Waals surface area contributed by atoms with Gasteiger partial charge in [-0.25, -0.2) is 0 Å². The molecule has 2 heteroatoms. The van der Waals surface area contributed by atoms with Crippen LogP contribution in [-0.4, -0.2) is 5.91 Å². The highest BCUT2D eigenvalue weighted by atomic mass is 16.1. The Bertz CT molecular complexity index is 342. The topological polar surface area (TPSA) is 29.1 Å². The van der Waals surface area contributed by atoms with Gasteiger partial charge in [-0.05, 0) is 6.07 Å². The van der Waals surface area contributed by atoms with Gasteiger partial charge in [-0.2, -0.15) is 0 Å². The number of carbonyl (C=O) groups is 1. The van der Waals surface area contributed by atoms with Crippen molar-refractivity contribution < 1.29 is 4.79 Å². The number of hydrogen-bond acceptors (Lipinski definition) is 1. The molecule has 0 radical (unpaired) electrons. The maximum absolute atomic E-state index is 11.0. The molecule has 2 nitrogen and oxygen atoms in total. The molecule has 1 aliphatic rings. The molecule has 0 atom stereocenters. The van der Waals surface area contributed by atoms with Gasteiger partial charge in [0.05, 0.1) is 0 Å². The maximum atomic E-state index is 11.0. The summed E-state index contributed by atoms with van der Waals surface area (Å²) in [5, 5.41) is 2.71. The van der Waals surface area contributed by atoms with E-state index in [-0.39, 0.29) is 5.91 Å². The second-order valence-corrected chi connectivity index (χ2v) is 2.48. The fourth-order valence-electron chi connectivity index (χ4n) is 1.18. The van der Waals surface area contributed by atoms with Gasteiger partial charge in [0.15, 0.2) is 0 Å². The number of amides is 1. The number of benzene rings is 1. The largest absolute Gasteiger partial charge is 0.321 e. The first-order chi connectivity index (χ1) is 6.29. The molecular formula is C11H13NO. The van der Waals surface area contributed by atoms with Crippen LogP contribution in [0.5, 0.6) is 0 Å². The minimum atomic E-state index is -0.0915. The molecule has 0 saturated heterocycles. The lowest BCUT2D eigenvalue weighted by atomic mass is 10.1. The lowest BCUT2D eigenvalue weighted by Crippen LogP contribution is -2.02. The summed E-state index contributed by atoms with van der Waals surface area (Å²) >= 11 is 0. The van der Waals surface area contributed by atoms with Crippen molar-refractivity contribution >= 4 is 17.2 Å². The Kier molecular flexibility index (Phi) is 2.85. The molecule has 0 aliphatic carbocycles. The lowest BCUT2D eigenvalue weighted by Gasteiger charge is -1.93. The van der Waals surface area contributed by atoms with Crippen LogP contribution in [-0.2, 0) is 4.79 Å². The van der Waals surface area contributed by atoms with Crippen molar-refractivity contribution in [3.05, 3.63) is 36.4 Å². The van der Waals surface area contributed by atoms with Gasteiger partial charge in [-0.3, -0.25) is 4.79 Å². The molecule has 2 rings (SSSR count). The first-order valence-corrected chi connectivity index (χ1v) is 4.39. The predicted octanol–water partition coefficient (Wildman–Crippen LogP) is 2.68. The van der Waals surface area contributed by atoms with E-state index >= 15 is 0 Å². The number of nitrogens with one attached hydrogen (secondary N) is 1. The van der Waals surface area contributed by atoms with E-state index in [0.29, 0.717) is 5.57 Å². The highest BCUT2D eigenvalue weighted by Crippen LogP contribution is 2.29. The molecule has 1 aromatic rings. The van der Waals surface area contributed by atoms with Crippen molar-refractivity contribution in [1.29, 1.82) is 0 Å². The molecule has 68 valence electrons. The van der Waals surface area contributed by atoms with E-state index < -0.39 is 0 Å². The van der Waals surface area contributed by atoms with Gasteiger partial charge in [0.1, 0.15) is 0 Å². The average Bonchev–Trinajstić information content (AvgIpc) is 2.47. The van der Waals surface area contributed by atoms with E-state index in [4.69, 9.17) is 0 Å². The van der Waals surface area contributed by atoms with Crippen LogP contribution in [0.4, 0.5) is 5.69 Å². The van der Waals surface area contributed by atoms with E-state index in [1.807, 2.05) is 38.1 Å². The van der Waals surface area contributed by atoms with Gasteiger partial charge < -0.3 is 5.32 Å². The minimum Gasteiger partial charge on any atom is -0.321 e.